The Labute approximate surface area is 87.4 Å². The average Bonchev–Trinajstić information content (AvgIpc) is 2.18. The highest BCUT2D eigenvalue weighted by atomic mass is 16.4. The van der Waals surface area contributed by atoms with Gasteiger partial charge in [0.2, 0.25) is 0 Å². The van der Waals surface area contributed by atoms with Gasteiger partial charge in [0.05, 0.1) is 11.3 Å². The van der Waals surface area contributed by atoms with Crippen molar-refractivity contribution in [1.82, 2.24) is 4.98 Å². The average molecular weight is 205 g/mol. The summed E-state index contributed by atoms with van der Waals surface area (Å²) in [5, 5.41) is 20.1. The van der Waals surface area contributed by atoms with Gasteiger partial charge < -0.3 is 10.4 Å². The fourth-order valence-electron chi connectivity index (χ4n) is 1.04. The van der Waals surface area contributed by atoms with E-state index in [2.05, 4.69) is 10.3 Å². The molecule has 78 valence electrons. The molecule has 1 aromatic heterocycles. The van der Waals surface area contributed by atoms with Crippen LogP contribution in [0.15, 0.2) is 12.1 Å². The molecule has 0 radical (unpaired) electrons. The lowest BCUT2D eigenvalue weighted by atomic mass is 10.2. The number of nitrogens with one attached hydrogen (secondary N) is 1. The Balaban J connectivity index is 2.85. The number of carbonyl (C=O) groups is 1. The molecule has 1 atom stereocenters. The number of hydrogen-bond donors (Lipinski definition) is 2. The second kappa shape index (κ2) is 4.42. The lowest BCUT2D eigenvalue weighted by Crippen LogP contribution is -2.25. The predicted octanol–water partition coefficient (Wildman–Crippen LogP) is 1.15. The Kier molecular flexibility index (Phi) is 3.24. The van der Waals surface area contributed by atoms with E-state index in [1.807, 2.05) is 6.07 Å². The van der Waals surface area contributed by atoms with Crippen molar-refractivity contribution in [2.45, 2.75) is 19.9 Å². The van der Waals surface area contributed by atoms with E-state index < -0.39 is 12.0 Å². The number of pyridine rings is 1. The highest BCUT2D eigenvalue weighted by molar-refractivity contribution is 5.76. The number of aromatic nitrogens is 1. The van der Waals surface area contributed by atoms with Crippen LogP contribution >= 0.6 is 0 Å². The maximum absolute atomic E-state index is 10.6. The van der Waals surface area contributed by atoms with Crippen LogP contribution < -0.4 is 5.32 Å². The second-order valence-electron chi connectivity index (χ2n) is 3.15. The zero-order valence-electron chi connectivity index (χ0n) is 8.48. The van der Waals surface area contributed by atoms with Gasteiger partial charge in [-0.2, -0.15) is 5.26 Å². The number of carboxylic acid groups (broad SMARTS) is 1. The van der Waals surface area contributed by atoms with E-state index in [1.54, 1.807) is 19.1 Å². The summed E-state index contributed by atoms with van der Waals surface area (Å²) in [5.41, 5.74) is 1.07. The first-order valence-corrected chi connectivity index (χ1v) is 4.41. The summed E-state index contributed by atoms with van der Waals surface area (Å²) >= 11 is 0. The van der Waals surface area contributed by atoms with Crippen molar-refractivity contribution >= 4 is 11.8 Å². The van der Waals surface area contributed by atoms with Crippen LogP contribution in [0.4, 0.5) is 5.82 Å². The summed E-state index contributed by atoms with van der Waals surface area (Å²) in [6.45, 7) is 3.23. The monoisotopic (exact) mass is 205 g/mol. The minimum atomic E-state index is -0.946. The molecule has 0 aliphatic rings. The molecule has 0 fully saturated rings. The van der Waals surface area contributed by atoms with Crippen LogP contribution in [0.25, 0.3) is 0 Å². The third-order valence-electron chi connectivity index (χ3n) is 1.94. The number of anilines is 1. The van der Waals surface area contributed by atoms with Crippen molar-refractivity contribution in [3.63, 3.8) is 0 Å². The molecular weight excluding hydrogens is 194 g/mol. The number of aliphatic carboxylic acids is 1. The molecule has 0 aromatic carbocycles. The standard InChI is InChI=1S/C10H11N3O2/c1-6-8(5-11)3-4-9(12-6)13-7(2)10(14)15/h3-4,7H,1-2H3,(H,12,13)(H,14,15)/t7-/m1/s1. The summed E-state index contributed by atoms with van der Waals surface area (Å²) in [5.74, 6) is -0.486. The lowest BCUT2D eigenvalue weighted by Gasteiger charge is -2.10. The highest BCUT2D eigenvalue weighted by Gasteiger charge is 2.11. The fraction of sp³-hybridized carbons (Fsp3) is 0.300. The summed E-state index contributed by atoms with van der Waals surface area (Å²) in [6, 6.07) is 4.49. The van der Waals surface area contributed by atoms with Crippen molar-refractivity contribution in [1.29, 1.82) is 5.26 Å². The number of aryl methyl sites for hydroxylation is 1. The zero-order chi connectivity index (χ0) is 11.4. The van der Waals surface area contributed by atoms with Crippen molar-refractivity contribution in [3.05, 3.63) is 23.4 Å². The molecule has 15 heavy (non-hydrogen) atoms. The maximum Gasteiger partial charge on any atom is 0.325 e. The first-order chi connectivity index (χ1) is 7.04. The molecule has 0 unspecified atom stereocenters. The van der Waals surface area contributed by atoms with Crippen LogP contribution in [0.3, 0.4) is 0 Å². The van der Waals surface area contributed by atoms with Gasteiger partial charge in [0.15, 0.2) is 0 Å². The number of rotatable bonds is 3. The molecule has 0 aliphatic heterocycles. The predicted molar refractivity (Wildman–Crippen MR) is 54.4 cm³/mol. The quantitative estimate of drug-likeness (QED) is 0.772. The largest absolute Gasteiger partial charge is 0.480 e. The topological polar surface area (TPSA) is 86.0 Å². The van der Waals surface area contributed by atoms with Gasteiger partial charge in [-0.1, -0.05) is 0 Å². The van der Waals surface area contributed by atoms with Gasteiger partial charge in [0, 0.05) is 0 Å². The molecule has 5 heteroatoms. The molecule has 5 nitrogen and oxygen atoms in total. The number of nitriles is 1. The second-order valence-corrected chi connectivity index (χ2v) is 3.15. The lowest BCUT2D eigenvalue weighted by molar-refractivity contribution is -0.137. The van der Waals surface area contributed by atoms with Gasteiger partial charge in [-0.05, 0) is 26.0 Å². The van der Waals surface area contributed by atoms with Gasteiger partial charge in [-0.25, -0.2) is 4.98 Å². The fourth-order valence-corrected chi connectivity index (χ4v) is 1.04. The minimum absolute atomic E-state index is 0.460. The molecule has 0 saturated heterocycles. The molecule has 0 amide bonds. The Morgan fingerprint density at radius 3 is 2.80 bits per heavy atom. The zero-order valence-corrected chi connectivity index (χ0v) is 8.48. The maximum atomic E-state index is 10.6. The third-order valence-corrected chi connectivity index (χ3v) is 1.94. The number of carboxylic acids is 1. The normalized spacial score (nSPS) is 11.5. The van der Waals surface area contributed by atoms with E-state index in [4.69, 9.17) is 10.4 Å². The van der Waals surface area contributed by atoms with Gasteiger partial charge in [0.1, 0.15) is 17.9 Å². The first kappa shape index (κ1) is 11.0. The third kappa shape index (κ3) is 2.68. The van der Waals surface area contributed by atoms with Crippen LogP contribution in [0.2, 0.25) is 0 Å². The van der Waals surface area contributed by atoms with Crippen LogP contribution in [0.5, 0.6) is 0 Å². The molecule has 1 aromatic rings. The van der Waals surface area contributed by atoms with Gasteiger partial charge in [-0.15, -0.1) is 0 Å². The molecule has 1 heterocycles. The molecule has 0 aliphatic carbocycles. The molecule has 0 spiro atoms. The Hall–Kier alpha value is -2.09. The van der Waals surface area contributed by atoms with Crippen molar-refractivity contribution in [2.24, 2.45) is 0 Å². The van der Waals surface area contributed by atoms with E-state index >= 15 is 0 Å². The smallest absolute Gasteiger partial charge is 0.325 e. The summed E-state index contributed by atoms with van der Waals surface area (Å²) in [7, 11) is 0. The molecular formula is C10H11N3O2. The highest BCUT2D eigenvalue weighted by Crippen LogP contribution is 2.10. The van der Waals surface area contributed by atoms with E-state index in [1.165, 1.54) is 6.92 Å². The summed E-state index contributed by atoms with van der Waals surface area (Å²) in [4.78, 5) is 14.6. The Morgan fingerprint density at radius 2 is 2.33 bits per heavy atom. The number of hydrogen-bond acceptors (Lipinski definition) is 4. The summed E-state index contributed by atoms with van der Waals surface area (Å²) in [6.07, 6.45) is 0. The van der Waals surface area contributed by atoms with E-state index in [-0.39, 0.29) is 0 Å². The Morgan fingerprint density at radius 1 is 1.67 bits per heavy atom. The van der Waals surface area contributed by atoms with Crippen molar-refractivity contribution in [3.8, 4) is 6.07 Å². The Bertz CT molecular complexity index is 423. The SMILES string of the molecule is Cc1nc(N[C@H](C)C(=O)O)ccc1C#N. The van der Waals surface area contributed by atoms with E-state index in [9.17, 15) is 4.79 Å². The molecule has 2 N–H and O–H groups in total. The van der Waals surface area contributed by atoms with Crippen molar-refractivity contribution < 1.29 is 9.90 Å². The number of nitrogens with zero attached hydrogens (tertiary/aromatic N) is 2. The van der Waals surface area contributed by atoms with Crippen molar-refractivity contribution in [2.75, 3.05) is 5.32 Å². The van der Waals surface area contributed by atoms with Crippen LogP contribution in [0.1, 0.15) is 18.2 Å². The van der Waals surface area contributed by atoms with E-state index in [0.717, 1.165) is 0 Å². The van der Waals surface area contributed by atoms with Crippen LogP contribution in [-0.2, 0) is 4.79 Å². The minimum Gasteiger partial charge on any atom is -0.480 e. The van der Waals surface area contributed by atoms with E-state index in [0.29, 0.717) is 17.1 Å². The first-order valence-electron chi connectivity index (χ1n) is 4.41. The summed E-state index contributed by atoms with van der Waals surface area (Å²) < 4.78 is 0. The van der Waals surface area contributed by atoms with Gasteiger partial charge in [0.25, 0.3) is 0 Å². The van der Waals surface area contributed by atoms with Crippen LogP contribution in [0, 0.1) is 18.3 Å². The van der Waals surface area contributed by atoms with Gasteiger partial charge >= 0.3 is 5.97 Å². The van der Waals surface area contributed by atoms with Crippen LogP contribution in [-0.4, -0.2) is 22.1 Å². The van der Waals surface area contributed by atoms with Gasteiger partial charge in [-0.3, -0.25) is 4.79 Å². The molecule has 0 bridgehead atoms. The molecule has 0 saturated carbocycles. The molecule has 1 rings (SSSR count).